The minimum atomic E-state index is -0.114. The van der Waals surface area contributed by atoms with Crippen LogP contribution in [0, 0.1) is 0 Å². The van der Waals surface area contributed by atoms with Gasteiger partial charge in [-0.25, -0.2) is 0 Å². The fourth-order valence-electron chi connectivity index (χ4n) is 1.85. The number of piperidine rings is 1. The molecule has 0 aromatic heterocycles. The zero-order chi connectivity index (χ0) is 10.8. The van der Waals surface area contributed by atoms with E-state index in [9.17, 15) is 5.11 Å². The lowest BCUT2D eigenvalue weighted by atomic mass is 10.1. The molecule has 15 heavy (non-hydrogen) atoms. The van der Waals surface area contributed by atoms with Gasteiger partial charge in [0.25, 0.3) is 0 Å². The van der Waals surface area contributed by atoms with Crippen LogP contribution >= 0.6 is 31.9 Å². The molecule has 2 rings (SSSR count). The van der Waals surface area contributed by atoms with Gasteiger partial charge >= 0.3 is 0 Å². The average molecular weight is 335 g/mol. The van der Waals surface area contributed by atoms with E-state index >= 15 is 0 Å². The zero-order valence-electron chi connectivity index (χ0n) is 8.29. The van der Waals surface area contributed by atoms with Crippen molar-refractivity contribution >= 4 is 37.5 Å². The van der Waals surface area contributed by atoms with Crippen molar-refractivity contribution in [2.24, 2.45) is 0 Å². The summed E-state index contributed by atoms with van der Waals surface area (Å²) in [5.41, 5.74) is 1.21. The summed E-state index contributed by atoms with van der Waals surface area (Å²) in [6.07, 6.45) is 1.62. The van der Waals surface area contributed by atoms with E-state index in [-0.39, 0.29) is 6.10 Å². The van der Waals surface area contributed by atoms with E-state index in [0.717, 1.165) is 34.9 Å². The number of hydrogen-bond donors (Lipinski definition) is 1. The van der Waals surface area contributed by atoms with Crippen LogP contribution in [0.15, 0.2) is 27.1 Å². The minimum absolute atomic E-state index is 0.114. The number of aliphatic hydroxyl groups is 1. The quantitative estimate of drug-likeness (QED) is 0.852. The van der Waals surface area contributed by atoms with Gasteiger partial charge in [-0.15, -0.1) is 0 Å². The maximum Gasteiger partial charge on any atom is 0.0574 e. The van der Waals surface area contributed by atoms with Gasteiger partial charge < -0.3 is 10.0 Å². The third-order valence-corrected chi connectivity index (χ3v) is 3.59. The summed E-state index contributed by atoms with van der Waals surface area (Å²) in [6.45, 7) is 1.87. The fraction of sp³-hybridized carbons (Fsp3) is 0.455. The predicted molar refractivity (Wildman–Crippen MR) is 69.3 cm³/mol. The molecular weight excluding hydrogens is 322 g/mol. The zero-order valence-corrected chi connectivity index (χ0v) is 11.5. The molecule has 1 aliphatic rings. The number of aliphatic hydroxyl groups excluding tert-OH is 1. The molecule has 4 heteroatoms. The number of benzene rings is 1. The van der Waals surface area contributed by atoms with Crippen LogP contribution in [0.2, 0.25) is 0 Å². The Balaban J connectivity index is 2.15. The van der Waals surface area contributed by atoms with E-state index in [4.69, 9.17) is 0 Å². The molecule has 0 unspecified atom stereocenters. The number of rotatable bonds is 1. The molecule has 1 aromatic rings. The first kappa shape index (κ1) is 11.4. The molecule has 0 aliphatic carbocycles. The molecule has 0 atom stereocenters. The molecule has 0 saturated carbocycles. The Bertz CT molecular complexity index is 328. The lowest BCUT2D eigenvalue weighted by Gasteiger charge is -2.31. The van der Waals surface area contributed by atoms with Gasteiger partial charge in [-0.3, -0.25) is 0 Å². The standard InChI is InChI=1S/C11H13Br2NO/c12-8-5-9(13)7-10(6-8)14-3-1-11(15)2-4-14/h5-7,11,15H,1-4H2. The highest BCUT2D eigenvalue weighted by Crippen LogP contribution is 2.27. The summed E-state index contributed by atoms with van der Waals surface area (Å²) < 4.78 is 2.16. The lowest BCUT2D eigenvalue weighted by Crippen LogP contribution is -2.35. The van der Waals surface area contributed by atoms with Crippen LogP contribution < -0.4 is 4.90 Å². The molecule has 0 radical (unpaired) electrons. The number of nitrogens with zero attached hydrogens (tertiary/aromatic N) is 1. The van der Waals surface area contributed by atoms with Gasteiger partial charge in [-0.1, -0.05) is 31.9 Å². The topological polar surface area (TPSA) is 23.5 Å². The summed E-state index contributed by atoms with van der Waals surface area (Å²) in [4.78, 5) is 2.31. The van der Waals surface area contributed by atoms with Crippen molar-refractivity contribution in [2.45, 2.75) is 18.9 Å². The Hall–Kier alpha value is -0.0600. The monoisotopic (exact) mass is 333 g/mol. The van der Waals surface area contributed by atoms with E-state index in [2.05, 4.69) is 48.9 Å². The second-order valence-corrected chi connectivity index (χ2v) is 5.68. The van der Waals surface area contributed by atoms with Crippen LogP contribution in [0.25, 0.3) is 0 Å². The van der Waals surface area contributed by atoms with Gasteiger partial charge in [-0.2, -0.15) is 0 Å². The first-order chi connectivity index (χ1) is 7.15. The summed E-state index contributed by atoms with van der Waals surface area (Å²) in [7, 11) is 0. The van der Waals surface area contributed by atoms with Gasteiger partial charge in [0, 0.05) is 27.7 Å². The Morgan fingerprint density at radius 1 is 1.07 bits per heavy atom. The highest BCUT2D eigenvalue weighted by atomic mass is 79.9. The first-order valence-corrected chi connectivity index (χ1v) is 6.63. The molecule has 1 aliphatic heterocycles. The van der Waals surface area contributed by atoms with Crippen molar-refractivity contribution in [3.05, 3.63) is 27.1 Å². The SMILES string of the molecule is OC1CCN(c2cc(Br)cc(Br)c2)CC1. The highest BCUT2D eigenvalue weighted by molar-refractivity contribution is 9.11. The number of halogens is 2. The Morgan fingerprint density at radius 2 is 1.60 bits per heavy atom. The average Bonchev–Trinajstić information content (AvgIpc) is 2.17. The Labute approximate surface area is 107 Å². The van der Waals surface area contributed by atoms with E-state index in [0.29, 0.717) is 0 Å². The van der Waals surface area contributed by atoms with Crippen LogP contribution in [0.1, 0.15) is 12.8 Å². The van der Waals surface area contributed by atoms with E-state index in [1.54, 1.807) is 0 Å². The third-order valence-electron chi connectivity index (χ3n) is 2.68. The molecule has 0 spiro atoms. The largest absolute Gasteiger partial charge is 0.393 e. The second-order valence-electron chi connectivity index (χ2n) is 3.85. The fourth-order valence-corrected chi connectivity index (χ4v) is 3.12. The summed E-state index contributed by atoms with van der Waals surface area (Å²) >= 11 is 6.97. The van der Waals surface area contributed by atoms with Crippen molar-refractivity contribution in [2.75, 3.05) is 18.0 Å². The molecular formula is C11H13Br2NO. The Kier molecular flexibility index (Phi) is 3.69. The molecule has 0 bridgehead atoms. The molecule has 2 nitrogen and oxygen atoms in total. The number of anilines is 1. The lowest BCUT2D eigenvalue weighted by molar-refractivity contribution is 0.145. The van der Waals surface area contributed by atoms with Crippen molar-refractivity contribution in [3.63, 3.8) is 0 Å². The van der Waals surface area contributed by atoms with Gasteiger partial charge in [-0.05, 0) is 31.0 Å². The normalized spacial score (nSPS) is 18.2. The van der Waals surface area contributed by atoms with Gasteiger partial charge in [0.1, 0.15) is 0 Å². The van der Waals surface area contributed by atoms with E-state index in [1.165, 1.54) is 5.69 Å². The van der Waals surface area contributed by atoms with Crippen LogP contribution in [-0.2, 0) is 0 Å². The summed E-state index contributed by atoms with van der Waals surface area (Å²) in [5.74, 6) is 0. The van der Waals surface area contributed by atoms with Crippen LogP contribution in [0.4, 0.5) is 5.69 Å². The Morgan fingerprint density at radius 3 is 2.13 bits per heavy atom. The van der Waals surface area contributed by atoms with Crippen molar-refractivity contribution in [1.29, 1.82) is 0 Å². The van der Waals surface area contributed by atoms with E-state index in [1.807, 2.05) is 6.07 Å². The third kappa shape index (κ3) is 2.95. The van der Waals surface area contributed by atoms with Gasteiger partial charge in [0.15, 0.2) is 0 Å². The first-order valence-electron chi connectivity index (χ1n) is 5.04. The molecule has 1 fully saturated rings. The number of hydrogen-bond acceptors (Lipinski definition) is 2. The molecule has 1 saturated heterocycles. The molecule has 1 N–H and O–H groups in total. The molecule has 1 heterocycles. The minimum Gasteiger partial charge on any atom is -0.393 e. The van der Waals surface area contributed by atoms with Gasteiger partial charge in [0.05, 0.1) is 6.10 Å². The van der Waals surface area contributed by atoms with Crippen LogP contribution in [0.3, 0.4) is 0 Å². The smallest absolute Gasteiger partial charge is 0.0574 e. The van der Waals surface area contributed by atoms with Crippen molar-refractivity contribution in [3.8, 4) is 0 Å². The predicted octanol–water partition coefficient (Wildman–Crippen LogP) is 3.17. The summed E-state index contributed by atoms with van der Waals surface area (Å²) in [5, 5.41) is 9.44. The van der Waals surface area contributed by atoms with Gasteiger partial charge in [0.2, 0.25) is 0 Å². The molecule has 0 amide bonds. The maximum absolute atomic E-state index is 9.44. The van der Waals surface area contributed by atoms with Crippen LogP contribution in [-0.4, -0.2) is 24.3 Å². The summed E-state index contributed by atoms with van der Waals surface area (Å²) in [6, 6.07) is 6.26. The van der Waals surface area contributed by atoms with Crippen molar-refractivity contribution in [1.82, 2.24) is 0 Å². The maximum atomic E-state index is 9.44. The molecule has 82 valence electrons. The van der Waals surface area contributed by atoms with E-state index < -0.39 is 0 Å². The van der Waals surface area contributed by atoms with Crippen LogP contribution in [0.5, 0.6) is 0 Å². The highest BCUT2D eigenvalue weighted by Gasteiger charge is 2.17. The van der Waals surface area contributed by atoms with Crippen molar-refractivity contribution < 1.29 is 5.11 Å². The second kappa shape index (κ2) is 4.85. The molecule has 1 aromatic carbocycles.